The molecule has 4 aromatic rings. The Hall–Kier alpha value is -3.81. The average Bonchev–Trinajstić information content (AvgIpc) is 3.14. The SMILES string of the molecule is CC(C)c1ccc(C(=O)Nc2cccc([C@H](C)Nc3cnc4cnn(C)c4n3)c2)cn1. The van der Waals surface area contributed by atoms with Gasteiger partial charge in [0.15, 0.2) is 5.65 Å². The number of pyridine rings is 1. The Morgan fingerprint density at radius 3 is 2.61 bits per heavy atom. The summed E-state index contributed by atoms with van der Waals surface area (Å²) in [4.78, 5) is 25.9. The van der Waals surface area contributed by atoms with Crippen molar-refractivity contribution < 1.29 is 4.79 Å². The van der Waals surface area contributed by atoms with Crippen molar-refractivity contribution in [2.45, 2.75) is 32.7 Å². The molecular formula is C23H25N7O. The average molecular weight is 416 g/mol. The van der Waals surface area contributed by atoms with Crippen LogP contribution in [-0.2, 0) is 7.05 Å². The molecule has 0 spiro atoms. The molecule has 3 aromatic heterocycles. The summed E-state index contributed by atoms with van der Waals surface area (Å²) in [5.41, 5.74) is 4.69. The zero-order valence-electron chi connectivity index (χ0n) is 18.0. The molecule has 0 aliphatic carbocycles. The first-order valence-electron chi connectivity index (χ1n) is 10.2. The number of amides is 1. The van der Waals surface area contributed by atoms with Crippen LogP contribution in [0.3, 0.4) is 0 Å². The Kier molecular flexibility index (Phi) is 5.62. The summed E-state index contributed by atoms with van der Waals surface area (Å²) in [7, 11) is 1.84. The molecule has 4 rings (SSSR count). The number of rotatable bonds is 6. The summed E-state index contributed by atoms with van der Waals surface area (Å²) in [6.45, 7) is 6.18. The summed E-state index contributed by atoms with van der Waals surface area (Å²) in [6, 6.07) is 11.4. The smallest absolute Gasteiger partial charge is 0.257 e. The number of anilines is 2. The number of hydrogen-bond acceptors (Lipinski definition) is 6. The van der Waals surface area contributed by atoms with Gasteiger partial charge in [0.05, 0.1) is 24.0 Å². The number of carbonyl (C=O) groups is 1. The topological polar surface area (TPSA) is 97.6 Å². The van der Waals surface area contributed by atoms with Crippen LogP contribution in [0.1, 0.15) is 54.3 Å². The van der Waals surface area contributed by atoms with E-state index in [1.54, 1.807) is 29.3 Å². The van der Waals surface area contributed by atoms with Crippen LogP contribution in [0.4, 0.5) is 11.5 Å². The standard InChI is InChI=1S/C23H25N7O/c1-14(2)19-9-8-17(11-24-19)23(31)28-18-7-5-6-16(10-18)15(3)27-21-13-25-20-12-26-30(4)22(20)29-21/h5-15H,1-4H3,(H,27,29)(H,28,31)/t15-/m0/s1. The summed E-state index contributed by atoms with van der Waals surface area (Å²) in [5, 5.41) is 10.5. The number of benzene rings is 1. The van der Waals surface area contributed by atoms with Gasteiger partial charge in [0.1, 0.15) is 11.3 Å². The second-order valence-electron chi connectivity index (χ2n) is 7.80. The van der Waals surface area contributed by atoms with E-state index in [-0.39, 0.29) is 11.9 Å². The van der Waals surface area contributed by atoms with Gasteiger partial charge in [-0.25, -0.2) is 14.6 Å². The lowest BCUT2D eigenvalue weighted by Gasteiger charge is -2.16. The molecule has 8 nitrogen and oxygen atoms in total. The Bertz CT molecular complexity index is 1210. The van der Waals surface area contributed by atoms with Crippen molar-refractivity contribution in [1.29, 1.82) is 0 Å². The van der Waals surface area contributed by atoms with Crippen molar-refractivity contribution >= 4 is 28.6 Å². The third-order valence-corrected chi connectivity index (χ3v) is 5.09. The van der Waals surface area contributed by atoms with E-state index in [0.717, 1.165) is 28.1 Å². The van der Waals surface area contributed by atoms with E-state index in [1.165, 1.54) is 0 Å². The van der Waals surface area contributed by atoms with Gasteiger partial charge in [0.2, 0.25) is 0 Å². The van der Waals surface area contributed by atoms with E-state index in [4.69, 9.17) is 0 Å². The molecule has 158 valence electrons. The molecule has 1 atom stereocenters. The van der Waals surface area contributed by atoms with Gasteiger partial charge in [-0.1, -0.05) is 26.0 Å². The third kappa shape index (κ3) is 4.53. The Labute approximate surface area is 180 Å². The van der Waals surface area contributed by atoms with Crippen LogP contribution in [0.2, 0.25) is 0 Å². The minimum absolute atomic E-state index is 0.0381. The first-order valence-corrected chi connectivity index (χ1v) is 10.2. The minimum Gasteiger partial charge on any atom is -0.362 e. The highest BCUT2D eigenvalue weighted by Gasteiger charge is 2.12. The van der Waals surface area contributed by atoms with Crippen LogP contribution < -0.4 is 10.6 Å². The van der Waals surface area contributed by atoms with Crippen LogP contribution >= 0.6 is 0 Å². The highest BCUT2D eigenvalue weighted by atomic mass is 16.1. The fraction of sp³-hybridized carbons (Fsp3) is 0.261. The molecule has 0 saturated carbocycles. The second kappa shape index (κ2) is 8.51. The predicted octanol–water partition coefficient (Wildman–Crippen LogP) is 4.31. The monoisotopic (exact) mass is 415 g/mol. The highest BCUT2D eigenvalue weighted by Crippen LogP contribution is 2.22. The number of fused-ring (bicyclic) bond motifs is 1. The van der Waals surface area contributed by atoms with Gasteiger partial charge in [-0.2, -0.15) is 5.10 Å². The molecule has 0 bridgehead atoms. The fourth-order valence-corrected chi connectivity index (χ4v) is 3.26. The highest BCUT2D eigenvalue weighted by molar-refractivity contribution is 6.04. The van der Waals surface area contributed by atoms with E-state index in [1.807, 2.05) is 44.3 Å². The molecule has 0 unspecified atom stereocenters. The minimum atomic E-state index is -0.187. The van der Waals surface area contributed by atoms with Crippen LogP contribution in [0, 0.1) is 0 Å². The number of aromatic nitrogens is 5. The van der Waals surface area contributed by atoms with Crippen molar-refractivity contribution in [3.05, 3.63) is 71.8 Å². The summed E-state index contributed by atoms with van der Waals surface area (Å²) in [6.07, 6.45) is 5.00. The van der Waals surface area contributed by atoms with Gasteiger partial charge in [-0.15, -0.1) is 0 Å². The number of nitrogens with one attached hydrogen (secondary N) is 2. The number of carbonyl (C=O) groups excluding carboxylic acids is 1. The van der Waals surface area contributed by atoms with Gasteiger partial charge in [-0.05, 0) is 42.7 Å². The lowest BCUT2D eigenvalue weighted by molar-refractivity contribution is 0.102. The Morgan fingerprint density at radius 2 is 1.87 bits per heavy atom. The Morgan fingerprint density at radius 1 is 1.03 bits per heavy atom. The molecular weight excluding hydrogens is 390 g/mol. The third-order valence-electron chi connectivity index (χ3n) is 5.09. The molecule has 0 aliphatic heterocycles. The quantitative estimate of drug-likeness (QED) is 0.487. The molecule has 0 fully saturated rings. The molecule has 3 heterocycles. The number of nitrogens with zero attached hydrogens (tertiary/aromatic N) is 5. The number of hydrogen-bond donors (Lipinski definition) is 2. The zero-order chi connectivity index (χ0) is 22.0. The van der Waals surface area contributed by atoms with Crippen molar-refractivity contribution in [3.8, 4) is 0 Å². The van der Waals surface area contributed by atoms with Gasteiger partial charge in [-0.3, -0.25) is 9.78 Å². The molecule has 0 aliphatic rings. The first-order chi connectivity index (χ1) is 14.9. The normalized spacial score (nSPS) is 12.2. The maximum Gasteiger partial charge on any atom is 0.257 e. The summed E-state index contributed by atoms with van der Waals surface area (Å²) in [5.74, 6) is 0.800. The van der Waals surface area contributed by atoms with Gasteiger partial charge in [0.25, 0.3) is 5.91 Å². The van der Waals surface area contributed by atoms with Crippen LogP contribution in [0.25, 0.3) is 11.2 Å². The van der Waals surface area contributed by atoms with Crippen molar-refractivity contribution in [2.24, 2.45) is 7.05 Å². The van der Waals surface area contributed by atoms with Crippen molar-refractivity contribution in [3.63, 3.8) is 0 Å². The molecule has 0 saturated heterocycles. The second-order valence-corrected chi connectivity index (χ2v) is 7.80. The van der Waals surface area contributed by atoms with Gasteiger partial charge in [0, 0.05) is 24.6 Å². The summed E-state index contributed by atoms with van der Waals surface area (Å²) >= 11 is 0. The lowest BCUT2D eigenvalue weighted by Crippen LogP contribution is -2.14. The van der Waals surface area contributed by atoms with Crippen LogP contribution in [0.5, 0.6) is 0 Å². The maximum atomic E-state index is 12.6. The fourth-order valence-electron chi connectivity index (χ4n) is 3.26. The maximum absolute atomic E-state index is 12.6. The molecule has 31 heavy (non-hydrogen) atoms. The van der Waals surface area contributed by atoms with E-state index < -0.39 is 0 Å². The molecule has 2 N–H and O–H groups in total. The Balaban J connectivity index is 1.46. The molecule has 0 radical (unpaired) electrons. The zero-order valence-corrected chi connectivity index (χ0v) is 18.0. The molecule has 1 aromatic carbocycles. The number of aryl methyl sites for hydroxylation is 1. The van der Waals surface area contributed by atoms with E-state index in [0.29, 0.717) is 17.3 Å². The van der Waals surface area contributed by atoms with E-state index in [2.05, 4.69) is 44.5 Å². The van der Waals surface area contributed by atoms with Gasteiger partial charge >= 0.3 is 0 Å². The van der Waals surface area contributed by atoms with Crippen LogP contribution in [0.15, 0.2) is 55.0 Å². The summed E-state index contributed by atoms with van der Waals surface area (Å²) < 4.78 is 1.69. The first kappa shape index (κ1) is 20.5. The lowest BCUT2D eigenvalue weighted by atomic mass is 10.1. The van der Waals surface area contributed by atoms with Crippen molar-refractivity contribution in [2.75, 3.05) is 10.6 Å². The van der Waals surface area contributed by atoms with Crippen LogP contribution in [-0.4, -0.2) is 30.6 Å². The predicted molar refractivity (Wildman–Crippen MR) is 121 cm³/mol. The van der Waals surface area contributed by atoms with Crippen molar-refractivity contribution in [1.82, 2.24) is 24.7 Å². The molecule has 8 heteroatoms. The van der Waals surface area contributed by atoms with E-state index in [9.17, 15) is 4.79 Å². The van der Waals surface area contributed by atoms with E-state index >= 15 is 0 Å². The van der Waals surface area contributed by atoms with Gasteiger partial charge < -0.3 is 10.6 Å². The molecule has 1 amide bonds. The largest absolute Gasteiger partial charge is 0.362 e.